The standard InChI is InChI=1S/C24H24F6N4O3/c1-14-19(12-21(35)36)34(32-22(14)24(28,29)30)16-3-5-17(6-4-16)37-18-8-10-33(11-9-18)20-7-2-15(13-31-20)23(25,26)27/h2-7,13-14,18-19H,8-12H2,1H3,(H,35,36). The molecule has 2 atom stereocenters. The molecule has 0 saturated carbocycles. The maximum Gasteiger partial charge on any atom is 0.431 e. The number of carbonyl (C=O) groups is 1. The van der Waals surface area contributed by atoms with Gasteiger partial charge in [-0.3, -0.25) is 9.80 Å². The number of rotatable bonds is 6. The zero-order valence-corrected chi connectivity index (χ0v) is 19.6. The van der Waals surface area contributed by atoms with E-state index in [9.17, 15) is 36.2 Å². The van der Waals surface area contributed by atoms with Crippen molar-refractivity contribution >= 4 is 23.2 Å². The van der Waals surface area contributed by atoms with Gasteiger partial charge in [-0.15, -0.1) is 0 Å². The third-order valence-electron chi connectivity index (χ3n) is 6.46. The molecule has 0 bridgehead atoms. The van der Waals surface area contributed by atoms with Crippen LogP contribution in [0.15, 0.2) is 47.7 Å². The molecule has 7 nitrogen and oxygen atoms in total. The lowest BCUT2D eigenvalue weighted by atomic mass is 9.94. The largest absolute Gasteiger partial charge is 0.490 e. The van der Waals surface area contributed by atoms with Crippen molar-refractivity contribution in [3.8, 4) is 5.75 Å². The van der Waals surface area contributed by atoms with Crippen LogP contribution in [-0.2, 0) is 11.0 Å². The molecular weight excluding hydrogens is 506 g/mol. The van der Waals surface area contributed by atoms with E-state index in [2.05, 4.69) is 10.1 Å². The highest BCUT2D eigenvalue weighted by Crippen LogP contribution is 2.37. The van der Waals surface area contributed by atoms with Gasteiger partial charge in [-0.2, -0.15) is 31.4 Å². The zero-order valence-electron chi connectivity index (χ0n) is 19.6. The van der Waals surface area contributed by atoms with Gasteiger partial charge in [-0.05, 0) is 36.4 Å². The van der Waals surface area contributed by atoms with E-state index in [4.69, 9.17) is 4.74 Å². The minimum Gasteiger partial charge on any atom is -0.490 e. The van der Waals surface area contributed by atoms with Crippen molar-refractivity contribution in [2.45, 2.75) is 50.7 Å². The molecule has 13 heteroatoms. The Morgan fingerprint density at radius 3 is 2.19 bits per heavy atom. The summed E-state index contributed by atoms with van der Waals surface area (Å²) in [5, 5.41) is 14.0. The third kappa shape index (κ3) is 6.08. The second kappa shape index (κ2) is 10.1. The first kappa shape index (κ1) is 26.6. The van der Waals surface area contributed by atoms with Gasteiger partial charge in [0.2, 0.25) is 0 Å². The average molecular weight is 530 g/mol. The molecule has 1 saturated heterocycles. The molecule has 1 N–H and O–H groups in total. The Morgan fingerprint density at radius 1 is 1.03 bits per heavy atom. The van der Waals surface area contributed by atoms with Gasteiger partial charge in [0, 0.05) is 38.0 Å². The number of pyridine rings is 1. The molecule has 200 valence electrons. The number of nitrogens with zero attached hydrogens (tertiary/aromatic N) is 4. The van der Waals surface area contributed by atoms with E-state index in [0.717, 1.165) is 17.3 Å². The number of benzene rings is 1. The van der Waals surface area contributed by atoms with E-state index >= 15 is 0 Å². The van der Waals surface area contributed by atoms with Crippen LogP contribution in [0.4, 0.5) is 37.8 Å². The highest BCUT2D eigenvalue weighted by molar-refractivity contribution is 5.95. The van der Waals surface area contributed by atoms with Crippen molar-refractivity contribution in [3.63, 3.8) is 0 Å². The van der Waals surface area contributed by atoms with Crippen LogP contribution in [0.2, 0.25) is 0 Å². The lowest BCUT2D eigenvalue weighted by molar-refractivity contribution is -0.138. The van der Waals surface area contributed by atoms with E-state index in [-0.39, 0.29) is 6.10 Å². The number of ether oxygens (including phenoxy) is 1. The molecule has 0 radical (unpaired) electrons. The number of carboxylic acid groups (broad SMARTS) is 1. The minimum absolute atomic E-state index is 0.169. The fourth-order valence-electron chi connectivity index (χ4n) is 4.49. The fourth-order valence-corrected chi connectivity index (χ4v) is 4.49. The van der Waals surface area contributed by atoms with Crippen molar-refractivity contribution in [1.29, 1.82) is 0 Å². The summed E-state index contributed by atoms with van der Waals surface area (Å²) in [7, 11) is 0. The first-order valence-electron chi connectivity index (χ1n) is 11.5. The summed E-state index contributed by atoms with van der Waals surface area (Å²) in [5.74, 6) is -1.41. The lowest BCUT2D eigenvalue weighted by Gasteiger charge is -2.33. The van der Waals surface area contributed by atoms with Gasteiger partial charge in [0.25, 0.3) is 0 Å². The molecule has 0 aliphatic carbocycles. The number of anilines is 2. The second-order valence-corrected chi connectivity index (χ2v) is 8.98. The van der Waals surface area contributed by atoms with E-state index in [1.807, 2.05) is 4.90 Å². The Morgan fingerprint density at radius 2 is 1.68 bits per heavy atom. The molecule has 1 aromatic heterocycles. The van der Waals surface area contributed by atoms with Gasteiger partial charge in [0.1, 0.15) is 23.4 Å². The molecule has 2 unspecified atom stereocenters. The molecule has 3 heterocycles. The Balaban J connectivity index is 1.37. The molecule has 4 rings (SSSR count). The van der Waals surface area contributed by atoms with Crippen LogP contribution in [0.5, 0.6) is 5.75 Å². The first-order valence-corrected chi connectivity index (χ1v) is 11.5. The van der Waals surface area contributed by atoms with Crippen molar-refractivity contribution in [1.82, 2.24) is 4.98 Å². The van der Waals surface area contributed by atoms with Crippen molar-refractivity contribution in [3.05, 3.63) is 48.2 Å². The van der Waals surface area contributed by atoms with E-state index < -0.39 is 48.0 Å². The SMILES string of the molecule is CC1C(C(F)(F)F)=NN(c2ccc(OC3CCN(c4ccc(C(F)(F)F)cn4)CC3)cc2)C1CC(=O)O. The number of halogens is 6. The Kier molecular flexibility index (Phi) is 7.24. The summed E-state index contributed by atoms with van der Waals surface area (Å²) in [5.41, 5.74) is -1.52. The van der Waals surface area contributed by atoms with Crippen LogP contribution in [-0.4, -0.2) is 53.2 Å². The Hall–Kier alpha value is -3.51. The topological polar surface area (TPSA) is 78.3 Å². The quantitative estimate of drug-likeness (QED) is 0.507. The molecule has 37 heavy (non-hydrogen) atoms. The van der Waals surface area contributed by atoms with E-state index in [1.165, 1.54) is 25.1 Å². The lowest BCUT2D eigenvalue weighted by Crippen LogP contribution is -2.38. The minimum atomic E-state index is -4.67. The summed E-state index contributed by atoms with van der Waals surface area (Å²) < 4.78 is 84.3. The van der Waals surface area contributed by atoms with Gasteiger partial charge in [0.15, 0.2) is 0 Å². The van der Waals surface area contributed by atoms with Crippen LogP contribution in [0.1, 0.15) is 31.7 Å². The molecule has 1 fully saturated rings. The fraction of sp³-hybridized carbons (Fsp3) is 0.458. The van der Waals surface area contributed by atoms with Gasteiger partial charge in [-0.25, -0.2) is 4.98 Å². The highest BCUT2D eigenvalue weighted by atomic mass is 19.4. The summed E-state index contributed by atoms with van der Waals surface area (Å²) in [6.07, 6.45) is -7.80. The van der Waals surface area contributed by atoms with Gasteiger partial charge >= 0.3 is 18.3 Å². The number of aromatic nitrogens is 1. The molecule has 0 amide bonds. The molecule has 2 aromatic rings. The number of hydrogen-bond acceptors (Lipinski definition) is 6. The van der Waals surface area contributed by atoms with Crippen LogP contribution >= 0.6 is 0 Å². The van der Waals surface area contributed by atoms with Gasteiger partial charge in [0.05, 0.1) is 23.7 Å². The predicted molar refractivity (Wildman–Crippen MR) is 123 cm³/mol. The van der Waals surface area contributed by atoms with Gasteiger partial charge < -0.3 is 14.7 Å². The smallest absolute Gasteiger partial charge is 0.431 e. The number of hydrazone groups is 1. The first-order chi connectivity index (χ1) is 17.3. The van der Waals surface area contributed by atoms with Gasteiger partial charge in [-0.1, -0.05) is 6.92 Å². The predicted octanol–water partition coefficient (Wildman–Crippen LogP) is 5.37. The molecule has 0 spiro atoms. The van der Waals surface area contributed by atoms with Crippen molar-refractivity contribution < 1.29 is 41.0 Å². The van der Waals surface area contributed by atoms with E-state index in [1.54, 1.807) is 12.1 Å². The molecule has 2 aliphatic rings. The number of carboxylic acids is 1. The highest BCUT2D eigenvalue weighted by Gasteiger charge is 2.48. The number of aliphatic carboxylic acids is 1. The van der Waals surface area contributed by atoms with Crippen LogP contribution in [0.25, 0.3) is 0 Å². The van der Waals surface area contributed by atoms with Crippen molar-refractivity contribution in [2.75, 3.05) is 23.0 Å². The van der Waals surface area contributed by atoms with Crippen LogP contribution in [0, 0.1) is 5.92 Å². The van der Waals surface area contributed by atoms with Crippen LogP contribution in [0.3, 0.4) is 0 Å². The number of hydrogen-bond donors (Lipinski definition) is 1. The van der Waals surface area contributed by atoms with E-state index in [0.29, 0.717) is 43.2 Å². The van der Waals surface area contributed by atoms with Crippen LogP contribution < -0.4 is 14.6 Å². The Labute approximate surface area is 208 Å². The van der Waals surface area contributed by atoms with Crippen molar-refractivity contribution in [2.24, 2.45) is 11.0 Å². The molecular formula is C24H24F6N4O3. The molecule has 1 aromatic carbocycles. The summed E-state index contributed by atoms with van der Waals surface area (Å²) in [6.45, 7) is 2.36. The normalized spacial score (nSPS) is 21.2. The number of piperidine rings is 1. The maximum absolute atomic E-state index is 13.4. The molecule has 2 aliphatic heterocycles. The Bertz CT molecular complexity index is 1130. The average Bonchev–Trinajstić information content (AvgIpc) is 3.15. The second-order valence-electron chi connectivity index (χ2n) is 8.98. The number of alkyl halides is 6. The monoisotopic (exact) mass is 530 g/mol. The maximum atomic E-state index is 13.4. The summed E-state index contributed by atoms with van der Waals surface area (Å²) in [4.78, 5) is 17.0. The third-order valence-corrected chi connectivity index (χ3v) is 6.46. The summed E-state index contributed by atoms with van der Waals surface area (Å²) in [6, 6.07) is 7.58. The summed E-state index contributed by atoms with van der Waals surface area (Å²) >= 11 is 0. The zero-order chi connectivity index (χ0) is 27.0.